The fourth-order valence-electron chi connectivity index (χ4n) is 1.96. The van der Waals surface area contributed by atoms with Crippen LogP contribution in [0.25, 0.3) is 0 Å². The minimum Gasteiger partial charge on any atom is -0.377 e. The molecule has 2 heterocycles. The summed E-state index contributed by atoms with van der Waals surface area (Å²) < 4.78 is 3.84. The number of hydrogen-bond acceptors (Lipinski definition) is 3. The van der Waals surface area contributed by atoms with Crippen LogP contribution in [0.5, 0.6) is 0 Å². The molecule has 1 N–H and O–H groups in total. The number of aryl methyl sites for hydroxylation is 4. The van der Waals surface area contributed by atoms with Gasteiger partial charge in [-0.15, -0.1) is 0 Å². The number of rotatable bonds is 4. The molecular weight excluding hydrogens is 214 g/mol. The summed E-state index contributed by atoms with van der Waals surface area (Å²) in [5.74, 6) is 0. The number of nitrogens with zero attached hydrogens (tertiary/aromatic N) is 4. The van der Waals surface area contributed by atoms with Crippen molar-refractivity contribution in [2.45, 2.75) is 33.9 Å². The van der Waals surface area contributed by atoms with Crippen molar-refractivity contribution in [3.8, 4) is 0 Å². The van der Waals surface area contributed by atoms with Gasteiger partial charge >= 0.3 is 0 Å². The second-order valence-corrected chi connectivity index (χ2v) is 4.25. The van der Waals surface area contributed by atoms with Crippen LogP contribution in [0.1, 0.15) is 23.9 Å². The molecule has 2 rings (SSSR count). The van der Waals surface area contributed by atoms with Gasteiger partial charge in [-0.25, -0.2) is 0 Å². The molecule has 0 bridgehead atoms. The maximum atomic E-state index is 4.33. The Bertz CT molecular complexity index is 509. The summed E-state index contributed by atoms with van der Waals surface area (Å²) in [6.07, 6.45) is 3.91. The lowest BCUT2D eigenvalue weighted by Crippen LogP contribution is -2.09. The Hall–Kier alpha value is -1.78. The van der Waals surface area contributed by atoms with Gasteiger partial charge in [-0.1, -0.05) is 0 Å². The largest absolute Gasteiger partial charge is 0.377 e. The van der Waals surface area contributed by atoms with Crippen molar-refractivity contribution in [3.63, 3.8) is 0 Å². The SMILES string of the molecule is CCn1ncc(C)c1CNc1cn(C)nc1C. The van der Waals surface area contributed by atoms with E-state index in [0.717, 1.165) is 24.5 Å². The Kier molecular flexibility index (Phi) is 3.17. The van der Waals surface area contributed by atoms with Gasteiger partial charge in [-0.3, -0.25) is 9.36 Å². The Morgan fingerprint density at radius 1 is 1.35 bits per heavy atom. The maximum Gasteiger partial charge on any atom is 0.0825 e. The average molecular weight is 233 g/mol. The highest BCUT2D eigenvalue weighted by molar-refractivity contribution is 5.45. The van der Waals surface area contributed by atoms with Gasteiger partial charge in [0.05, 0.1) is 29.8 Å². The third-order valence-electron chi connectivity index (χ3n) is 2.92. The van der Waals surface area contributed by atoms with Gasteiger partial charge in [-0.05, 0) is 26.3 Å². The van der Waals surface area contributed by atoms with E-state index in [1.807, 2.05) is 35.7 Å². The van der Waals surface area contributed by atoms with Crippen LogP contribution in [-0.2, 0) is 20.1 Å². The molecule has 17 heavy (non-hydrogen) atoms. The molecule has 92 valence electrons. The molecule has 0 saturated heterocycles. The highest BCUT2D eigenvalue weighted by Crippen LogP contribution is 2.14. The van der Waals surface area contributed by atoms with Gasteiger partial charge in [0.15, 0.2) is 0 Å². The Labute approximate surface area is 101 Å². The lowest BCUT2D eigenvalue weighted by Gasteiger charge is -2.08. The van der Waals surface area contributed by atoms with E-state index in [2.05, 4.69) is 29.4 Å². The monoisotopic (exact) mass is 233 g/mol. The van der Waals surface area contributed by atoms with Crippen LogP contribution in [0.2, 0.25) is 0 Å². The second-order valence-electron chi connectivity index (χ2n) is 4.25. The van der Waals surface area contributed by atoms with Crippen LogP contribution in [0.3, 0.4) is 0 Å². The van der Waals surface area contributed by atoms with Crippen molar-refractivity contribution < 1.29 is 0 Å². The molecule has 0 aliphatic rings. The van der Waals surface area contributed by atoms with Crippen molar-refractivity contribution in [3.05, 3.63) is 29.3 Å². The molecule has 0 radical (unpaired) electrons. The fourth-order valence-corrected chi connectivity index (χ4v) is 1.96. The molecule has 5 heteroatoms. The minimum atomic E-state index is 0.784. The van der Waals surface area contributed by atoms with Crippen LogP contribution in [0, 0.1) is 13.8 Å². The van der Waals surface area contributed by atoms with E-state index in [-0.39, 0.29) is 0 Å². The van der Waals surface area contributed by atoms with Crippen LogP contribution in [-0.4, -0.2) is 19.6 Å². The summed E-state index contributed by atoms with van der Waals surface area (Å²) in [4.78, 5) is 0. The first-order valence-electron chi connectivity index (χ1n) is 5.87. The lowest BCUT2D eigenvalue weighted by molar-refractivity contribution is 0.626. The summed E-state index contributed by atoms with van der Waals surface area (Å²) in [7, 11) is 1.93. The zero-order chi connectivity index (χ0) is 12.4. The molecule has 0 amide bonds. The van der Waals surface area contributed by atoms with Gasteiger partial charge in [-0.2, -0.15) is 10.2 Å². The molecule has 0 fully saturated rings. The van der Waals surface area contributed by atoms with Crippen LogP contribution < -0.4 is 5.32 Å². The van der Waals surface area contributed by atoms with Gasteiger partial charge < -0.3 is 5.32 Å². The first-order chi connectivity index (χ1) is 8.11. The number of hydrogen-bond donors (Lipinski definition) is 1. The van der Waals surface area contributed by atoms with Crippen molar-refractivity contribution in [1.29, 1.82) is 0 Å². The van der Waals surface area contributed by atoms with E-state index in [1.165, 1.54) is 11.3 Å². The van der Waals surface area contributed by atoms with E-state index < -0.39 is 0 Å². The Morgan fingerprint density at radius 3 is 2.71 bits per heavy atom. The molecule has 0 saturated carbocycles. The zero-order valence-corrected chi connectivity index (χ0v) is 10.9. The summed E-state index contributed by atoms with van der Waals surface area (Å²) >= 11 is 0. The highest BCUT2D eigenvalue weighted by Gasteiger charge is 2.07. The van der Waals surface area contributed by atoms with E-state index in [4.69, 9.17) is 0 Å². The molecule has 0 atom stereocenters. The molecule has 0 spiro atoms. The fraction of sp³-hybridized carbons (Fsp3) is 0.500. The van der Waals surface area contributed by atoms with Gasteiger partial charge in [0.2, 0.25) is 0 Å². The molecule has 2 aromatic rings. The van der Waals surface area contributed by atoms with Gasteiger partial charge in [0, 0.05) is 19.8 Å². The summed E-state index contributed by atoms with van der Waals surface area (Å²) in [5, 5.41) is 12.0. The normalized spacial score (nSPS) is 10.8. The molecule has 0 aromatic carbocycles. The second kappa shape index (κ2) is 4.61. The lowest BCUT2D eigenvalue weighted by atomic mass is 10.2. The van der Waals surface area contributed by atoms with Gasteiger partial charge in [0.25, 0.3) is 0 Å². The summed E-state index contributed by atoms with van der Waals surface area (Å²) in [5.41, 5.74) is 4.56. The Balaban J connectivity index is 2.12. The maximum absolute atomic E-state index is 4.33. The third-order valence-corrected chi connectivity index (χ3v) is 2.92. The minimum absolute atomic E-state index is 0.784. The third kappa shape index (κ3) is 2.33. The van der Waals surface area contributed by atoms with Crippen molar-refractivity contribution in [2.24, 2.45) is 7.05 Å². The molecule has 2 aromatic heterocycles. The molecular formula is C12H19N5. The number of anilines is 1. The predicted octanol–water partition coefficient (Wildman–Crippen LogP) is 1.87. The first-order valence-corrected chi connectivity index (χ1v) is 5.87. The van der Waals surface area contributed by atoms with E-state index in [9.17, 15) is 0 Å². The van der Waals surface area contributed by atoms with Crippen molar-refractivity contribution >= 4 is 5.69 Å². The van der Waals surface area contributed by atoms with Crippen LogP contribution >= 0.6 is 0 Å². The number of aromatic nitrogens is 4. The average Bonchev–Trinajstić information content (AvgIpc) is 2.79. The quantitative estimate of drug-likeness (QED) is 0.877. The van der Waals surface area contributed by atoms with Crippen molar-refractivity contribution in [1.82, 2.24) is 19.6 Å². The molecule has 5 nitrogen and oxygen atoms in total. The van der Waals surface area contributed by atoms with Gasteiger partial charge in [0.1, 0.15) is 0 Å². The van der Waals surface area contributed by atoms with E-state index >= 15 is 0 Å². The van der Waals surface area contributed by atoms with Crippen LogP contribution in [0.4, 0.5) is 5.69 Å². The topological polar surface area (TPSA) is 47.7 Å². The summed E-state index contributed by atoms with van der Waals surface area (Å²) in [6.45, 7) is 7.88. The zero-order valence-electron chi connectivity index (χ0n) is 10.9. The van der Waals surface area contributed by atoms with E-state index in [0.29, 0.717) is 0 Å². The van der Waals surface area contributed by atoms with E-state index in [1.54, 1.807) is 0 Å². The summed E-state index contributed by atoms with van der Waals surface area (Å²) in [6, 6.07) is 0. The Morgan fingerprint density at radius 2 is 2.12 bits per heavy atom. The van der Waals surface area contributed by atoms with Crippen molar-refractivity contribution in [2.75, 3.05) is 5.32 Å². The predicted molar refractivity (Wildman–Crippen MR) is 67.9 cm³/mol. The first kappa shape index (κ1) is 11.7. The molecule has 0 aliphatic carbocycles. The smallest absolute Gasteiger partial charge is 0.0825 e. The number of nitrogens with one attached hydrogen (secondary N) is 1. The molecule has 0 unspecified atom stereocenters. The van der Waals surface area contributed by atoms with Crippen LogP contribution in [0.15, 0.2) is 12.4 Å². The standard InChI is InChI=1S/C12H19N5/c1-5-17-12(9(2)6-14-17)7-13-11-8-16(4)15-10(11)3/h6,8,13H,5,7H2,1-4H3. The molecule has 0 aliphatic heterocycles. The highest BCUT2D eigenvalue weighted by atomic mass is 15.3.